The first-order valence-corrected chi connectivity index (χ1v) is 17.0. The fraction of sp³-hybridized carbons (Fsp3) is 0.727. The van der Waals surface area contributed by atoms with Gasteiger partial charge >= 0.3 is 0 Å². The quantitative estimate of drug-likeness (QED) is 0.349. The molecule has 0 aliphatic heterocycles. The normalized spacial score (nSPS) is 14.8. The summed E-state index contributed by atoms with van der Waals surface area (Å²) in [5.41, 5.74) is 0. The summed E-state index contributed by atoms with van der Waals surface area (Å²) in [6.07, 6.45) is 2.97. The maximum Gasteiger partial charge on any atom is 0.192 e. The van der Waals surface area contributed by atoms with Crippen LogP contribution in [0.5, 0.6) is 5.75 Å². The average molecular weight is 490 g/mol. The van der Waals surface area contributed by atoms with Gasteiger partial charge in [-0.1, -0.05) is 50.5 Å². The number of benzene rings is 1. The molecule has 0 saturated heterocycles. The summed E-state index contributed by atoms with van der Waals surface area (Å²) in [5.74, 6) is 0.878. The Morgan fingerprint density at radius 1 is 1.00 bits per heavy atom. The van der Waals surface area contributed by atoms with Crippen LogP contribution in [0.2, 0.25) is 36.3 Å². The first kappa shape index (κ1) is 25.9. The Hall–Kier alpha value is -0.146. The van der Waals surface area contributed by atoms with E-state index >= 15 is 0 Å². The standard InChI is InChI=1S/C22H41BrO3Si2/c1-21(2,3)28(8,9)25-17-20(26-19-14-12-18(23)13-15-19)11-10-16-22(4,5)27(6,7)24/h12-15,20,24H,10-11,16-17H2,1-9H3. The first-order chi connectivity index (χ1) is 12.6. The summed E-state index contributed by atoms with van der Waals surface area (Å²) in [7, 11) is -4.00. The van der Waals surface area contributed by atoms with E-state index in [2.05, 4.69) is 63.6 Å². The van der Waals surface area contributed by atoms with Crippen LogP contribution in [-0.2, 0) is 4.43 Å². The Balaban J connectivity index is 2.79. The highest BCUT2D eigenvalue weighted by atomic mass is 79.9. The monoisotopic (exact) mass is 488 g/mol. The molecule has 0 radical (unpaired) electrons. The van der Waals surface area contributed by atoms with E-state index in [1.165, 1.54) is 0 Å². The number of hydrogen-bond acceptors (Lipinski definition) is 3. The molecular weight excluding hydrogens is 448 g/mol. The van der Waals surface area contributed by atoms with E-state index in [0.29, 0.717) is 6.61 Å². The highest BCUT2D eigenvalue weighted by molar-refractivity contribution is 9.10. The lowest BCUT2D eigenvalue weighted by Crippen LogP contribution is -2.43. The van der Waals surface area contributed by atoms with Crippen molar-refractivity contribution in [3.8, 4) is 5.75 Å². The molecule has 6 heteroatoms. The van der Waals surface area contributed by atoms with Crippen molar-refractivity contribution in [2.75, 3.05) is 6.61 Å². The third-order valence-corrected chi connectivity index (χ3v) is 15.1. The predicted molar refractivity (Wildman–Crippen MR) is 129 cm³/mol. The summed E-state index contributed by atoms with van der Waals surface area (Å²) >= 11 is 3.48. The van der Waals surface area contributed by atoms with Crippen molar-refractivity contribution >= 4 is 32.6 Å². The molecule has 0 fully saturated rings. The Morgan fingerprint density at radius 2 is 1.54 bits per heavy atom. The third kappa shape index (κ3) is 7.94. The van der Waals surface area contributed by atoms with Gasteiger partial charge in [0.15, 0.2) is 16.6 Å². The van der Waals surface area contributed by atoms with Crippen LogP contribution in [0.4, 0.5) is 0 Å². The van der Waals surface area contributed by atoms with Crippen LogP contribution in [-0.4, -0.2) is 34.1 Å². The zero-order valence-electron chi connectivity index (χ0n) is 19.4. The fourth-order valence-electron chi connectivity index (χ4n) is 2.48. The van der Waals surface area contributed by atoms with Crippen LogP contribution in [0.25, 0.3) is 0 Å². The van der Waals surface area contributed by atoms with Crippen molar-refractivity contribution in [1.29, 1.82) is 0 Å². The minimum absolute atomic E-state index is 0.00452. The Morgan fingerprint density at radius 3 is 2.00 bits per heavy atom. The molecule has 3 nitrogen and oxygen atoms in total. The molecule has 1 aromatic carbocycles. The summed E-state index contributed by atoms with van der Waals surface area (Å²) in [6, 6.07) is 8.00. The molecule has 0 saturated carbocycles. The van der Waals surface area contributed by atoms with E-state index in [0.717, 1.165) is 29.5 Å². The maximum atomic E-state index is 10.6. The largest absolute Gasteiger partial charge is 0.488 e. The molecular formula is C22H41BrO3Si2. The minimum Gasteiger partial charge on any atom is -0.488 e. The van der Waals surface area contributed by atoms with Crippen molar-refractivity contribution in [2.45, 2.75) is 96.2 Å². The van der Waals surface area contributed by atoms with Gasteiger partial charge in [0.05, 0.1) is 6.61 Å². The van der Waals surface area contributed by atoms with E-state index < -0.39 is 16.6 Å². The Labute approximate surface area is 183 Å². The SMILES string of the molecule is CC(C)(CCCC(CO[Si](C)(C)C(C)(C)C)Oc1ccc(Br)cc1)[Si](C)(C)O. The molecule has 1 unspecified atom stereocenters. The van der Waals surface area contributed by atoms with Crippen molar-refractivity contribution in [1.82, 2.24) is 0 Å². The summed E-state index contributed by atoms with van der Waals surface area (Å²) in [5, 5.41) is 0.180. The van der Waals surface area contributed by atoms with Crippen LogP contribution in [0.3, 0.4) is 0 Å². The van der Waals surface area contributed by atoms with Crippen molar-refractivity contribution < 1.29 is 14.0 Å². The average Bonchev–Trinajstić information content (AvgIpc) is 2.52. The lowest BCUT2D eigenvalue weighted by atomic mass is 10.0. The second kappa shape index (κ2) is 9.77. The Kier molecular flexibility index (Phi) is 9.04. The van der Waals surface area contributed by atoms with Gasteiger partial charge in [0, 0.05) is 4.47 Å². The van der Waals surface area contributed by atoms with Crippen LogP contribution in [0.1, 0.15) is 53.9 Å². The second-order valence-electron chi connectivity index (χ2n) is 10.6. The molecule has 0 aliphatic rings. The third-order valence-electron chi connectivity index (χ3n) is 6.54. The molecule has 1 rings (SSSR count). The number of rotatable bonds is 10. The van der Waals surface area contributed by atoms with Crippen LogP contribution in [0.15, 0.2) is 28.7 Å². The zero-order chi connectivity index (χ0) is 21.8. The number of halogens is 1. The first-order valence-electron chi connectivity index (χ1n) is 10.3. The van der Waals surface area contributed by atoms with E-state index in [9.17, 15) is 4.80 Å². The van der Waals surface area contributed by atoms with Gasteiger partial charge in [-0.3, -0.25) is 0 Å². The van der Waals surface area contributed by atoms with E-state index in [4.69, 9.17) is 9.16 Å². The second-order valence-corrected chi connectivity index (χ2v) is 20.8. The topological polar surface area (TPSA) is 38.7 Å². The van der Waals surface area contributed by atoms with E-state index in [-0.39, 0.29) is 16.2 Å². The van der Waals surface area contributed by atoms with Crippen LogP contribution in [0, 0.1) is 0 Å². The fourth-order valence-corrected chi connectivity index (χ4v) is 4.57. The molecule has 0 aliphatic carbocycles. The predicted octanol–water partition coefficient (Wildman–Crippen LogP) is 7.37. The molecule has 1 atom stereocenters. The number of ether oxygens (including phenoxy) is 1. The van der Waals surface area contributed by atoms with Gasteiger partial charge in [0.25, 0.3) is 0 Å². The lowest BCUT2D eigenvalue weighted by molar-refractivity contribution is 0.110. The van der Waals surface area contributed by atoms with Gasteiger partial charge in [-0.15, -0.1) is 0 Å². The molecule has 0 spiro atoms. The van der Waals surface area contributed by atoms with Gasteiger partial charge < -0.3 is 14.0 Å². The molecule has 1 N–H and O–H groups in total. The molecule has 1 aromatic rings. The van der Waals surface area contributed by atoms with Gasteiger partial charge in [0.2, 0.25) is 0 Å². The maximum absolute atomic E-state index is 10.6. The van der Waals surface area contributed by atoms with Crippen LogP contribution >= 0.6 is 15.9 Å². The van der Waals surface area contributed by atoms with Crippen molar-refractivity contribution in [3.63, 3.8) is 0 Å². The van der Waals surface area contributed by atoms with Gasteiger partial charge in [0.1, 0.15) is 11.9 Å². The van der Waals surface area contributed by atoms with E-state index in [1.54, 1.807) is 0 Å². The zero-order valence-corrected chi connectivity index (χ0v) is 22.9. The highest BCUT2D eigenvalue weighted by Crippen LogP contribution is 2.41. The molecule has 28 heavy (non-hydrogen) atoms. The summed E-state index contributed by atoms with van der Waals surface area (Å²) in [6.45, 7) is 20.4. The minimum atomic E-state index is -2.18. The highest BCUT2D eigenvalue weighted by Gasteiger charge is 2.39. The van der Waals surface area contributed by atoms with E-state index in [1.807, 2.05) is 37.4 Å². The lowest BCUT2D eigenvalue weighted by Gasteiger charge is -2.38. The number of hydrogen-bond donors (Lipinski definition) is 1. The van der Waals surface area contributed by atoms with Gasteiger partial charge in [-0.2, -0.15) is 0 Å². The molecule has 0 amide bonds. The summed E-state index contributed by atoms with van der Waals surface area (Å²) < 4.78 is 13.8. The van der Waals surface area contributed by atoms with Gasteiger partial charge in [-0.05, 0) is 79.8 Å². The summed E-state index contributed by atoms with van der Waals surface area (Å²) in [4.78, 5) is 10.6. The van der Waals surface area contributed by atoms with Gasteiger partial charge in [-0.25, -0.2) is 0 Å². The smallest absolute Gasteiger partial charge is 0.192 e. The van der Waals surface area contributed by atoms with Crippen LogP contribution < -0.4 is 4.74 Å². The van der Waals surface area contributed by atoms with Crippen molar-refractivity contribution in [3.05, 3.63) is 28.7 Å². The molecule has 0 bridgehead atoms. The molecule has 0 heterocycles. The Bertz CT molecular complexity index is 602. The molecule has 0 aromatic heterocycles. The van der Waals surface area contributed by atoms with Crippen molar-refractivity contribution in [2.24, 2.45) is 0 Å². The molecule has 162 valence electrons.